The SMILES string of the molecule is CC(C)(C)c1ccc(C(=O)N[C@@H](Cc2ccc(-c3ncc(-c4ccc(-c5ccccc5)cc4)cn3)cc2)C(=O)N2CC(C(=O)O)C2)s1. The molecule has 47 heavy (non-hydrogen) atoms. The highest BCUT2D eigenvalue weighted by Crippen LogP contribution is 2.30. The lowest BCUT2D eigenvalue weighted by Crippen LogP contribution is -2.59. The number of carboxylic acid groups (broad SMARTS) is 1. The number of likely N-dealkylation sites (tertiary alicyclic amines) is 1. The highest BCUT2D eigenvalue weighted by Gasteiger charge is 2.39. The number of aliphatic carboxylic acids is 1. The van der Waals surface area contributed by atoms with Gasteiger partial charge in [0.2, 0.25) is 5.91 Å². The van der Waals surface area contributed by atoms with Gasteiger partial charge in [0.05, 0.1) is 10.8 Å². The van der Waals surface area contributed by atoms with Crippen molar-refractivity contribution in [3.63, 3.8) is 0 Å². The largest absolute Gasteiger partial charge is 0.481 e. The molecule has 3 aromatic carbocycles. The average Bonchev–Trinajstić information content (AvgIpc) is 3.56. The number of carbonyl (C=O) groups is 3. The molecule has 3 heterocycles. The summed E-state index contributed by atoms with van der Waals surface area (Å²) >= 11 is 1.41. The Labute approximate surface area is 278 Å². The van der Waals surface area contributed by atoms with Crippen LogP contribution in [-0.2, 0) is 21.4 Å². The van der Waals surface area contributed by atoms with Gasteiger partial charge in [0, 0.05) is 47.9 Å². The first-order chi connectivity index (χ1) is 22.5. The number of hydrogen-bond acceptors (Lipinski definition) is 6. The quantitative estimate of drug-likeness (QED) is 0.184. The van der Waals surface area contributed by atoms with Crippen LogP contribution in [0.5, 0.6) is 0 Å². The first-order valence-electron chi connectivity index (χ1n) is 15.5. The lowest BCUT2D eigenvalue weighted by molar-refractivity contribution is -0.153. The molecule has 6 rings (SSSR count). The topological polar surface area (TPSA) is 112 Å². The summed E-state index contributed by atoms with van der Waals surface area (Å²) in [7, 11) is 0. The van der Waals surface area contributed by atoms with Gasteiger partial charge in [-0.2, -0.15) is 0 Å². The number of thiophene rings is 1. The van der Waals surface area contributed by atoms with Crippen LogP contribution in [0, 0.1) is 5.92 Å². The van der Waals surface area contributed by atoms with E-state index in [0.717, 1.165) is 38.3 Å². The molecular weight excluding hydrogens is 609 g/mol. The van der Waals surface area contributed by atoms with Gasteiger partial charge in [-0.05, 0) is 39.8 Å². The van der Waals surface area contributed by atoms with E-state index in [2.05, 4.69) is 72.5 Å². The summed E-state index contributed by atoms with van der Waals surface area (Å²) in [5.74, 6) is -1.53. The van der Waals surface area contributed by atoms with Crippen LogP contribution in [0.25, 0.3) is 33.6 Å². The Balaban J connectivity index is 1.14. The van der Waals surface area contributed by atoms with Crippen LogP contribution in [0.3, 0.4) is 0 Å². The summed E-state index contributed by atoms with van der Waals surface area (Å²) in [6, 6.07) is 29.0. The average molecular weight is 645 g/mol. The molecule has 8 nitrogen and oxygen atoms in total. The van der Waals surface area contributed by atoms with E-state index < -0.39 is 17.9 Å². The molecule has 1 saturated heterocycles. The van der Waals surface area contributed by atoms with E-state index in [9.17, 15) is 19.5 Å². The minimum Gasteiger partial charge on any atom is -0.481 e. The summed E-state index contributed by atoms with van der Waals surface area (Å²) < 4.78 is 0. The summed E-state index contributed by atoms with van der Waals surface area (Å²) in [6.07, 6.45) is 3.88. The molecule has 5 aromatic rings. The third kappa shape index (κ3) is 7.31. The van der Waals surface area contributed by atoms with Crippen LogP contribution in [0.4, 0.5) is 0 Å². The Kier molecular flexibility index (Phi) is 9.00. The molecule has 1 aliphatic heterocycles. The molecule has 2 N–H and O–H groups in total. The van der Waals surface area contributed by atoms with Crippen molar-refractivity contribution < 1.29 is 19.5 Å². The Morgan fingerprint density at radius 2 is 1.38 bits per heavy atom. The molecule has 1 aliphatic rings. The molecule has 0 saturated carbocycles. The highest BCUT2D eigenvalue weighted by atomic mass is 32.1. The summed E-state index contributed by atoms with van der Waals surface area (Å²) in [4.78, 5) is 50.4. The summed E-state index contributed by atoms with van der Waals surface area (Å²) in [5, 5.41) is 12.2. The summed E-state index contributed by atoms with van der Waals surface area (Å²) in [5.41, 5.74) is 5.83. The van der Waals surface area contributed by atoms with E-state index in [1.165, 1.54) is 16.2 Å². The van der Waals surface area contributed by atoms with Gasteiger partial charge in [-0.25, -0.2) is 9.97 Å². The second-order valence-corrected chi connectivity index (χ2v) is 13.9. The highest BCUT2D eigenvalue weighted by molar-refractivity contribution is 7.14. The number of nitrogens with one attached hydrogen (secondary N) is 1. The van der Waals surface area contributed by atoms with Crippen molar-refractivity contribution in [2.24, 2.45) is 5.92 Å². The molecule has 1 atom stereocenters. The van der Waals surface area contributed by atoms with E-state index in [1.54, 1.807) is 6.07 Å². The number of carboxylic acids is 1. The zero-order valence-electron chi connectivity index (χ0n) is 26.5. The monoisotopic (exact) mass is 644 g/mol. The standard InChI is InChI=1S/C38H36N4O4S/c1-38(2,3)33-18-17-32(47-33)35(43)41-31(36(44)42-22-30(23-42)37(45)46)19-24-9-11-28(12-10-24)34-39-20-29(21-40-34)27-15-13-26(14-16-27)25-7-5-4-6-8-25/h4-18,20-21,30-31H,19,22-23H2,1-3H3,(H,41,43)(H,45,46)/t31-/m0/s1. The smallest absolute Gasteiger partial charge is 0.310 e. The maximum absolute atomic E-state index is 13.5. The third-order valence-electron chi connectivity index (χ3n) is 8.34. The van der Waals surface area contributed by atoms with E-state index in [1.807, 2.05) is 60.9 Å². The zero-order chi connectivity index (χ0) is 33.1. The molecule has 0 radical (unpaired) electrons. The first kappa shape index (κ1) is 31.8. The van der Waals surface area contributed by atoms with E-state index in [0.29, 0.717) is 10.7 Å². The van der Waals surface area contributed by atoms with E-state index in [-0.39, 0.29) is 36.7 Å². The molecule has 238 valence electrons. The van der Waals surface area contributed by atoms with Crippen molar-refractivity contribution in [3.05, 3.63) is 119 Å². The number of aromatic nitrogens is 2. The second kappa shape index (κ2) is 13.3. The molecule has 0 unspecified atom stereocenters. The fraction of sp³-hybridized carbons (Fsp3) is 0.237. The van der Waals surface area contributed by atoms with Crippen LogP contribution in [0.15, 0.2) is 103 Å². The van der Waals surface area contributed by atoms with Gasteiger partial charge in [0.1, 0.15) is 6.04 Å². The number of benzene rings is 3. The van der Waals surface area contributed by atoms with Gasteiger partial charge in [0.25, 0.3) is 5.91 Å². The normalized spacial score (nSPS) is 13.9. The van der Waals surface area contributed by atoms with Crippen LogP contribution >= 0.6 is 11.3 Å². The molecule has 9 heteroatoms. The van der Waals surface area contributed by atoms with Gasteiger partial charge in [-0.15, -0.1) is 11.3 Å². The number of amides is 2. The van der Waals surface area contributed by atoms with Gasteiger partial charge >= 0.3 is 5.97 Å². The molecule has 0 bridgehead atoms. The first-order valence-corrected chi connectivity index (χ1v) is 16.4. The molecule has 0 spiro atoms. The zero-order valence-corrected chi connectivity index (χ0v) is 27.3. The van der Waals surface area contributed by atoms with Gasteiger partial charge in [-0.3, -0.25) is 14.4 Å². The molecule has 1 fully saturated rings. The Morgan fingerprint density at radius 3 is 1.96 bits per heavy atom. The van der Waals surface area contributed by atoms with Crippen LogP contribution < -0.4 is 5.32 Å². The lowest BCUT2D eigenvalue weighted by Gasteiger charge is -2.38. The number of hydrogen-bond donors (Lipinski definition) is 2. The predicted molar refractivity (Wildman–Crippen MR) is 184 cm³/mol. The van der Waals surface area contributed by atoms with Crippen molar-refractivity contribution >= 4 is 29.1 Å². The van der Waals surface area contributed by atoms with E-state index >= 15 is 0 Å². The van der Waals surface area contributed by atoms with Crippen molar-refractivity contribution in [2.75, 3.05) is 13.1 Å². The maximum atomic E-state index is 13.5. The molecule has 2 amide bonds. The predicted octanol–water partition coefficient (Wildman–Crippen LogP) is 6.72. The van der Waals surface area contributed by atoms with Crippen LogP contribution in [0.2, 0.25) is 0 Å². The maximum Gasteiger partial charge on any atom is 0.310 e. The van der Waals surface area contributed by atoms with Crippen molar-refractivity contribution in [3.8, 4) is 33.6 Å². The third-order valence-corrected chi connectivity index (χ3v) is 9.85. The Hall–Kier alpha value is -5.15. The van der Waals surface area contributed by atoms with Crippen LogP contribution in [-0.4, -0.2) is 56.9 Å². The van der Waals surface area contributed by atoms with Crippen LogP contribution in [0.1, 0.15) is 40.9 Å². The molecular formula is C38H36N4O4S. The van der Waals surface area contributed by atoms with Gasteiger partial charge < -0.3 is 15.3 Å². The molecule has 0 aliphatic carbocycles. The van der Waals surface area contributed by atoms with E-state index in [4.69, 9.17) is 0 Å². The number of carbonyl (C=O) groups excluding carboxylic acids is 2. The number of rotatable bonds is 9. The fourth-order valence-electron chi connectivity index (χ4n) is 5.47. The number of nitrogens with zero attached hydrogens (tertiary/aromatic N) is 3. The fourth-order valence-corrected chi connectivity index (χ4v) is 6.43. The lowest BCUT2D eigenvalue weighted by atomic mass is 9.95. The van der Waals surface area contributed by atoms with Crippen molar-refractivity contribution in [2.45, 2.75) is 38.6 Å². The Bertz CT molecular complexity index is 1870. The van der Waals surface area contributed by atoms with Crippen molar-refractivity contribution in [1.82, 2.24) is 20.2 Å². The molecule has 2 aromatic heterocycles. The minimum atomic E-state index is -0.922. The Morgan fingerprint density at radius 1 is 0.809 bits per heavy atom. The van der Waals surface area contributed by atoms with Crippen molar-refractivity contribution in [1.29, 1.82) is 0 Å². The van der Waals surface area contributed by atoms with Gasteiger partial charge in [0.15, 0.2) is 5.82 Å². The minimum absolute atomic E-state index is 0.0954. The summed E-state index contributed by atoms with van der Waals surface area (Å²) in [6.45, 7) is 6.53. The second-order valence-electron chi connectivity index (χ2n) is 12.9. The van der Waals surface area contributed by atoms with Gasteiger partial charge in [-0.1, -0.05) is 99.6 Å².